The molecule has 5 nitrogen and oxygen atoms in total. The van der Waals surface area contributed by atoms with Crippen molar-refractivity contribution >= 4 is 12.4 Å². The molecule has 0 spiro atoms. The normalized spacial score (nSPS) is 20.0. The van der Waals surface area contributed by atoms with Crippen molar-refractivity contribution in [3.63, 3.8) is 0 Å². The van der Waals surface area contributed by atoms with Gasteiger partial charge in [-0.15, -0.1) is 12.4 Å². The van der Waals surface area contributed by atoms with Gasteiger partial charge in [0.15, 0.2) is 0 Å². The number of rotatable bonds is 8. The van der Waals surface area contributed by atoms with Gasteiger partial charge in [0.05, 0.1) is 0 Å². The molecule has 2 heterocycles. The van der Waals surface area contributed by atoms with E-state index in [1.165, 1.54) is 24.3 Å². The SMILES string of the molecule is Cl.O[C@H](CN(Cc1ccccc1)C[C@@H](O)[C@H]1CCc2cc(F)ccc2O1)[C@@H]1CCc2cc(F)ccc2O1. The average Bonchev–Trinajstić information content (AvgIpc) is 2.88. The topological polar surface area (TPSA) is 62.2 Å². The van der Waals surface area contributed by atoms with Gasteiger partial charge < -0.3 is 19.7 Å². The first-order valence-corrected chi connectivity index (χ1v) is 12.5. The highest BCUT2D eigenvalue weighted by atomic mass is 35.5. The van der Waals surface area contributed by atoms with Crippen molar-refractivity contribution in [1.82, 2.24) is 4.90 Å². The number of hydrogen-bond acceptors (Lipinski definition) is 5. The molecular formula is C29H32ClF2NO4. The quantitative estimate of drug-likeness (QED) is 0.441. The van der Waals surface area contributed by atoms with E-state index in [9.17, 15) is 19.0 Å². The van der Waals surface area contributed by atoms with Gasteiger partial charge in [0, 0.05) is 19.6 Å². The van der Waals surface area contributed by atoms with Crippen LogP contribution in [0.15, 0.2) is 66.7 Å². The molecule has 0 unspecified atom stereocenters. The van der Waals surface area contributed by atoms with Crippen LogP contribution in [-0.2, 0) is 19.4 Å². The van der Waals surface area contributed by atoms with Crippen molar-refractivity contribution in [3.8, 4) is 11.5 Å². The Balaban J connectivity index is 0.00000320. The van der Waals surface area contributed by atoms with E-state index < -0.39 is 24.4 Å². The summed E-state index contributed by atoms with van der Waals surface area (Å²) in [7, 11) is 0. The van der Waals surface area contributed by atoms with Crippen LogP contribution < -0.4 is 9.47 Å². The summed E-state index contributed by atoms with van der Waals surface area (Å²) in [6.45, 7) is 1.13. The Morgan fingerprint density at radius 3 is 1.73 bits per heavy atom. The fraction of sp³-hybridized carbons (Fsp3) is 0.379. The van der Waals surface area contributed by atoms with E-state index in [0.717, 1.165) is 16.7 Å². The number of aliphatic hydroxyl groups is 2. The molecule has 0 fully saturated rings. The highest BCUT2D eigenvalue weighted by molar-refractivity contribution is 5.85. The Hall–Kier alpha value is -2.71. The van der Waals surface area contributed by atoms with E-state index in [-0.39, 0.29) is 24.0 Å². The van der Waals surface area contributed by atoms with Crippen molar-refractivity contribution in [2.75, 3.05) is 13.1 Å². The van der Waals surface area contributed by atoms with E-state index >= 15 is 0 Å². The first kappa shape index (κ1) is 27.3. The summed E-state index contributed by atoms with van der Waals surface area (Å²) in [4.78, 5) is 2.01. The number of fused-ring (bicyclic) bond motifs is 2. The smallest absolute Gasteiger partial charge is 0.126 e. The van der Waals surface area contributed by atoms with Gasteiger partial charge in [-0.25, -0.2) is 8.78 Å². The highest BCUT2D eigenvalue weighted by Crippen LogP contribution is 2.31. The van der Waals surface area contributed by atoms with Crippen LogP contribution in [-0.4, -0.2) is 52.6 Å². The molecule has 0 aliphatic carbocycles. The molecule has 0 radical (unpaired) electrons. The monoisotopic (exact) mass is 531 g/mol. The standard InChI is InChI=1S/C29H31F2NO4.ClH/c30-22-8-12-26-20(14-22)6-10-28(35-26)24(33)17-32(16-19-4-2-1-3-5-19)18-25(34)29-11-7-21-15-23(31)9-13-27(21)36-29;/h1-5,8-9,12-15,24-25,28-29,33-34H,6-7,10-11,16-18H2;1H/t24-,25-,28-,29+;/m1./s1. The Labute approximate surface area is 222 Å². The lowest BCUT2D eigenvalue weighted by atomic mass is 9.97. The van der Waals surface area contributed by atoms with Crippen LogP contribution in [0.5, 0.6) is 11.5 Å². The second-order valence-electron chi connectivity index (χ2n) is 9.71. The van der Waals surface area contributed by atoms with Crippen LogP contribution >= 0.6 is 12.4 Å². The number of benzene rings is 3. The molecule has 2 N–H and O–H groups in total. The molecule has 4 atom stereocenters. The minimum absolute atomic E-state index is 0. The number of hydrogen-bond donors (Lipinski definition) is 2. The number of halogens is 3. The number of ether oxygens (including phenoxy) is 2. The van der Waals surface area contributed by atoms with Gasteiger partial charge in [-0.1, -0.05) is 30.3 Å². The molecule has 0 aromatic heterocycles. The number of aliphatic hydroxyl groups excluding tert-OH is 2. The molecule has 0 saturated carbocycles. The lowest BCUT2D eigenvalue weighted by Crippen LogP contribution is -2.48. The van der Waals surface area contributed by atoms with E-state index in [0.29, 0.717) is 56.8 Å². The van der Waals surface area contributed by atoms with Crippen LogP contribution in [0.2, 0.25) is 0 Å². The minimum Gasteiger partial charge on any atom is -0.487 e. The van der Waals surface area contributed by atoms with Gasteiger partial charge in [0.1, 0.15) is 47.5 Å². The zero-order chi connectivity index (χ0) is 25.1. The predicted molar refractivity (Wildman–Crippen MR) is 139 cm³/mol. The summed E-state index contributed by atoms with van der Waals surface area (Å²) >= 11 is 0. The zero-order valence-electron chi connectivity index (χ0n) is 20.4. The largest absolute Gasteiger partial charge is 0.487 e. The molecule has 0 bridgehead atoms. The minimum atomic E-state index is -0.796. The summed E-state index contributed by atoms with van der Waals surface area (Å²) in [5, 5.41) is 22.2. The first-order chi connectivity index (χ1) is 17.4. The molecular weight excluding hydrogens is 500 g/mol. The molecule has 3 aromatic rings. The van der Waals surface area contributed by atoms with E-state index in [1.807, 2.05) is 35.2 Å². The maximum absolute atomic E-state index is 13.5. The maximum Gasteiger partial charge on any atom is 0.126 e. The van der Waals surface area contributed by atoms with Crippen LogP contribution in [0.1, 0.15) is 29.5 Å². The molecule has 198 valence electrons. The summed E-state index contributed by atoms with van der Waals surface area (Å²) in [6, 6.07) is 18.8. The summed E-state index contributed by atoms with van der Waals surface area (Å²) in [5.41, 5.74) is 2.68. The van der Waals surface area contributed by atoms with Crippen molar-refractivity contribution in [3.05, 3.63) is 95.1 Å². The van der Waals surface area contributed by atoms with Gasteiger partial charge in [0.25, 0.3) is 0 Å². The second-order valence-corrected chi connectivity index (χ2v) is 9.71. The van der Waals surface area contributed by atoms with Crippen molar-refractivity contribution < 1.29 is 28.5 Å². The second kappa shape index (κ2) is 12.2. The third-order valence-electron chi connectivity index (χ3n) is 7.00. The zero-order valence-corrected chi connectivity index (χ0v) is 21.2. The van der Waals surface area contributed by atoms with Crippen molar-refractivity contribution in [1.29, 1.82) is 0 Å². The van der Waals surface area contributed by atoms with Crippen molar-refractivity contribution in [2.24, 2.45) is 0 Å². The average molecular weight is 532 g/mol. The molecule has 8 heteroatoms. The molecule has 37 heavy (non-hydrogen) atoms. The highest BCUT2D eigenvalue weighted by Gasteiger charge is 2.32. The van der Waals surface area contributed by atoms with Crippen LogP contribution in [0.4, 0.5) is 8.78 Å². The third kappa shape index (κ3) is 6.79. The maximum atomic E-state index is 13.5. The summed E-state index contributed by atoms with van der Waals surface area (Å²) < 4.78 is 39.1. The lowest BCUT2D eigenvalue weighted by molar-refractivity contribution is -0.0295. The Kier molecular flexibility index (Phi) is 9.03. The fourth-order valence-corrected chi connectivity index (χ4v) is 5.11. The molecule has 0 amide bonds. The first-order valence-electron chi connectivity index (χ1n) is 12.5. The van der Waals surface area contributed by atoms with Crippen molar-refractivity contribution in [2.45, 2.75) is 56.6 Å². The molecule has 2 aliphatic rings. The Morgan fingerprint density at radius 1 is 0.757 bits per heavy atom. The number of aryl methyl sites for hydroxylation is 2. The Morgan fingerprint density at radius 2 is 1.24 bits per heavy atom. The molecule has 3 aromatic carbocycles. The van der Waals surface area contributed by atoms with Crippen LogP contribution in [0, 0.1) is 11.6 Å². The predicted octanol–water partition coefficient (Wildman–Crippen LogP) is 4.70. The summed E-state index contributed by atoms with van der Waals surface area (Å²) in [5.74, 6) is 0.619. The van der Waals surface area contributed by atoms with Gasteiger partial charge in [-0.05, 0) is 78.8 Å². The molecule has 2 aliphatic heterocycles. The lowest BCUT2D eigenvalue weighted by Gasteiger charge is -2.35. The molecule has 0 saturated heterocycles. The third-order valence-corrected chi connectivity index (χ3v) is 7.00. The van der Waals surface area contributed by atoms with Gasteiger partial charge >= 0.3 is 0 Å². The van der Waals surface area contributed by atoms with E-state index in [4.69, 9.17) is 9.47 Å². The van der Waals surface area contributed by atoms with Gasteiger partial charge in [0.2, 0.25) is 0 Å². The van der Waals surface area contributed by atoms with Gasteiger partial charge in [-0.3, -0.25) is 4.90 Å². The van der Waals surface area contributed by atoms with Crippen LogP contribution in [0.3, 0.4) is 0 Å². The Bertz CT molecular complexity index is 1110. The fourth-order valence-electron chi connectivity index (χ4n) is 5.11. The van der Waals surface area contributed by atoms with E-state index in [2.05, 4.69) is 0 Å². The van der Waals surface area contributed by atoms with E-state index in [1.54, 1.807) is 12.1 Å². The molecule has 5 rings (SSSR count). The number of nitrogens with zero attached hydrogens (tertiary/aromatic N) is 1. The van der Waals surface area contributed by atoms with Crippen LogP contribution in [0.25, 0.3) is 0 Å². The van der Waals surface area contributed by atoms with Gasteiger partial charge in [-0.2, -0.15) is 0 Å². The summed E-state index contributed by atoms with van der Waals surface area (Å²) in [6.07, 6.45) is -0.0167.